The number of guanidine groups is 1. The van der Waals surface area contributed by atoms with Gasteiger partial charge in [-0.3, -0.25) is 14.6 Å². The Morgan fingerprint density at radius 3 is 2.50 bits per heavy atom. The number of carboxylic acid groups (broad SMARTS) is 1. The van der Waals surface area contributed by atoms with Gasteiger partial charge in [-0.05, 0) is 54.4 Å². The van der Waals surface area contributed by atoms with Crippen molar-refractivity contribution < 1.29 is 14.7 Å². The van der Waals surface area contributed by atoms with Crippen LogP contribution in [-0.4, -0.2) is 36.0 Å². The molecular weight excluding hydrogens is 448 g/mol. The van der Waals surface area contributed by atoms with Crippen LogP contribution >= 0.6 is 11.8 Å². The smallest absolute Gasteiger partial charge is 0.304 e. The molecule has 0 bridgehead atoms. The van der Waals surface area contributed by atoms with Gasteiger partial charge in [0, 0.05) is 40.2 Å². The molecular formula is C26H26N4O3S. The molecule has 3 aromatic carbocycles. The summed E-state index contributed by atoms with van der Waals surface area (Å²) in [5.74, 6) is -0.323. The van der Waals surface area contributed by atoms with Gasteiger partial charge >= 0.3 is 5.97 Å². The molecule has 0 spiro atoms. The second kappa shape index (κ2) is 11.4. The third-order valence-corrected chi connectivity index (χ3v) is 6.46. The van der Waals surface area contributed by atoms with Crippen molar-refractivity contribution in [2.45, 2.75) is 23.0 Å². The Hall–Kier alpha value is -3.78. The molecule has 4 rings (SSSR count). The molecule has 1 heterocycles. The van der Waals surface area contributed by atoms with Crippen LogP contribution in [0.15, 0.2) is 88.8 Å². The summed E-state index contributed by atoms with van der Waals surface area (Å²) in [6.07, 6.45) is 1.03. The Balaban J connectivity index is 1.40. The summed E-state index contributed by atoms with van der Waals surface area (Å²) >= 11 is 1.47. The number of nitrogens with zero attached hydrogens (tertiary/aromatic N) is 1. The number of rotatable bonds is 8. The topological polar surface area (TPSA) is 103 Å². The normalized spacial score (nSPS) is 13.8. The zero-order valence-corrected chi connectivity index (χ0v) is 19.3. The van der Waals surface area contributed by atoms with Gasteiger partial charge in [-0.1, -0.05) is 36.4 Å². The predicted molar refractivity (Wildman–Crippen MR) is 137 cm³/mol. The summed E-state index contributed by atoms with van der Waals surface area (Å²) in [5.41, 5.74) is 3.00. The molecule has 4 N–H and O–H groups in total. The molecule has 1 aliphatic rings. The van der Waals surface area contributed by atoms with Crippen molar-refractivity contribution >= 4 is 41.0 Å². The lowest BCUT2D eigenvalue weighted by Crippen LogP contribution is -2.35. The number of hydrogen-bond donors (Lipinski definition) is 4. The number of aliphatic imine (C=N–C) groups is 1. The fourth-order valence-corrected chi connectivity index (χ4v) is 4.73. The lowest BCUT2D eigenvalue weighted by Gasteiger charge is -2.16. The Bertz CT molecular complexity index is 1170. The highest BCUT2D eigenvalue weighted by molar-refractivity contribution is 7.99. The Labute approximate surface area is 202 Å². The Morgan fingerprint density at radius 1 is 1.00 bits per heavy atom. The number of thioether (sulfide) groups is 1. The highest BCUT2D eigenvalue weighted by Gasteiger charge is 2.17. The predicted octanol–water partition coefficient (Wildman–Crippen LogP) is 5.01. The minimum Gasteiger partial charge on any atom is -0.481 e. The van der Waals surface area contributed by atoms with Gasteiger partial charge in [0.25, 0.3) is 5.91 Å². The second-order valence-corrected chi connectivity index (χ2v) is 9.09. The molecule has 0 saturated heterocycles. The third kappa shape index (κ3) is 6.62. The van der Waals surface area contributed by atoms with Gasteiger partial charge in [0.1, 0.15) is 0 Å². The summed E-state index contributed by atoms with van der Waals surface area (Å²) < 4.78 is 0. The molecule has 1 aliphatic heterocycles. The molecule has 174 valence electrons. The molecule has 8 heteroatoms. The molecule has 1 atom stereocenters. The zero-order valence-electron chi connectivity index (χ0n) is 18.5. The van der Waals surface area contributed by atoms with Gasteiger partial charge in [-0.25, -0.2) is 0 Å². The highest BCUT2D eigenvalue weighted by Crippen LogP contribution is 2.38. The van der Waals surface area contributed by atoms with Crippen molar-refractivity contribution in [2.75, 3.05) is 23.7 Å². The van der Waals surface area contributed by atoms with Crippen LogP contribution in [-0.2, 0) is 4.79 Å². The first kappa shape index (κ1) is 23.4. The lowest BCUT2D eigenvalue weighted by molar-refractivity contribution is -0.137. The third-order valence-electron chi connectivity index (χ3n) is 5.21. The largest absolute Gasteiger partial charge is 0.481 e. The zero-order chi connectivity index (χ0) is 23.8. The number of aliphatic carboxylic acids is 1. The first-order valence-corrected chi connectivity index (χ1v) is 11.9. The molecule has 7 nitrogen and oxygen atoms in total. The van der Waals surface area contributed by atoms with E-state index in [0.29, 0.717) is 11.3 Å². The molecule has 0 aromatic heterocycles. The Morgan fingerprint density at radius 2 is 1.79 bits per heavy atom. The van der Waals surface area contributed by atoms with Crippen molar-refractivity contribution in [2.24, 2.45) is 4.99 Å². The van der Waals surface area contributed by atoms with Crippen LogP contribution in [0, 0.1) is 0 Å². The SMILES string of the molecule is O=C(O)CC(Sc1cccc(NC(=O)c2ccc(NC3=NCCCN3)cc2)c1)c1ccccc1. The van der Waals surface area contributed by atoms with Gasteiger partial charge < -0.3 is 21.1 Å². The average molecular weight is 475 g/mol. The van der Waals surface area contributed by atoms with Crippen LogP contribution in [0.4, 0.5) is 11.4 Å². The summed E-state index contributed by atoms with van der Waals surface area (Å²) in [6, 6.07) is 24.2. The number of benzene rings is 3. The van der Waals surface area contributed by atoms with Gasteiger partial charge in [-0.15, -0.1) is 11.8 Å². The quantitative estimate of drug-likeness (QED) is 0.342. The van der Waals surface area contributed by atoms with E-state index in [1.165, 1.54) is 11.8 Å². The fourth-order valence-electron chi connectivity index (χ4n) is 3.53. The van der Waals surface area contributed by atoms with Gasteiger partial charge in [0.15, 0.2) is 5.96 Å². The number of hydrogen-bond acceptors (Lipinski definition) is 6. The number of carbonyl (C=O) groups is 2. The van der Waals surface area contributed by atoms with Gasteiger partial charge in [0.2, 0.25) is 0 Å². The monoisotopic (exact) mass is 474 g/mol. The summed E-state index contributed by atoms with van der Waals surface area (Å²) in [5, 5.41) is 18.5. The van der Waals surface area contributed by atoms with Crippen LogP contribution < -0.4 is 16.0 Å². The van der Waals surface area contributed by atoms with Crippen LogP contribution in [0.5, 0.6) is 0 Å². The minimum absolute atomic E-state index is 0.00753. The van der Waals surface area contributed by atoms with Crippen LogP contribution in [0.25, 0.3) is 0 Å². The first-order chi connectivity index (χ1) is 16.6. The number of carboxylic acids is 1. The van der Waals surface area contributed by atoms with E-state index < -0.39 is 5.97 Å². The van der Waals surface area contributed by atoms with E-state index in [0.717, 1.165) is 41.6 Å². The van der Waals surface area contributed by atoms with E-state index in [1.807, 2.05) is 66.7 Å². The van der Waals surface area contributed by atoms with Crippen LogP contribution in [0.2, 0.25) is 0 Å². The van der Waals surface area contributed by atoms with Crippen molar-refractivity contribution in [3.05, 3.63) is 90.0 Å². The number of amides is 1. The first-order valence-electron chi connectivity index (χ1n) is 11.1. The van der Waals surface area contributed by atoms with E-state index in [-0.39, 0.29) is 17.6 Å². The summed E-state index contributed by atoms with van der Waals surface area (Å²) in [6.45, 7) is 1.70. The molecule has 0 radical (unpaired) electrons. The van der Waals surface area contributed by atoms with Gasteiger partial charge in [-0.2, -0.15) is 0 Å². The summed E-state index contributed by atoms with van der Waals surface area (Å²) in [7, 11) is 0. The number of nitrogens with one attached hydrogen (secondary N) is 3. The van der Waals surface area contributed by atoms with Crippen molar-refractivity contribution in [1.29, 1.82) is 0 Å². The standard InChI is InChI=1S/C26H26N4O3S/c31-24(32)17-23(18-6-2-1-3-7-18)34-22-9-4-8-21(16-22)29-25(33)19-10-12-20(13-11-19)30-26-27-14-5-15-28-26/h1-4,6-13,16,23H,5,14-15,17H2,(H,29,33)(H,31,32)(H2,27,28,30). The van der Waals surface area contributed by atoms with Crippen molar-refractivity contribution in [1.82, 2.24) is 5.32 Å². The molecule has 1 amide bonds. The molecule has 1 unspecified atom stereocenters. The maximum Gasteiger partial charge on any atom is 0.304 e. The maximum atomic E-state index is 12.8. The lowest BCUT2D eigenvalue weighted by atomic mass is 10.1. The fraction of sp³-hybridized carbons (Fsp3) is 0.192. The van der Waals surface area contributed by atoms with Gasteiger partial charge in [0.05, 0.1) is 6.42 Å². The highest BCUT2D eigenvalue weighted by atomic mass is 32.2. The molecule has 0 fully saturated rings. The second-order valence-electron chi connectivity index (χ2n) is 7.81. The molecule has 3 aromatic rings. The van der Waals surface area contributed by atoms with Crippen LogP contribution in [0.1, 0.15) is 34.0 Å². The van der Waals surface area contributed by atoms with Crippen LogP contribution in [0.3, 0.4) is 0 Å². The van der Waals surface area contributed by atoms with Crippen molar-refractivity contribution in [3.8, 4) is 0 Å². The van der Waals surface area contributed by atoms with E-state index in [1.54, 1.807) is 12.1 Å². The molecule has 34 heavy (non-hydrogen) atoms. The van der Waals surface area contributed by atoms with E-state index in [2.05, 4.69) is 20.9 Å². The number of carbonyl (C=O) groups excluding carboxylic acids is 1. The van der Waals surface area contributed by atoms with E-state index in [9.17, 15) is 14.7 Å². The minimum atomic E-state index is -0.852. The van der Waals surface area contributed by atoms with Crippen molar-refractivity contribution in [3.63, 3.8) is 0 Å². The van der Waals surface area contributed by atoms with E-state index >= 15 is 0 Å². The Kier molecular flexibility index (Phi) is 7.83. The number of anilines is 2. The molecule has 0 saturated carbocycles. The average Bonchev–Trinajstić information content (AvgIpc) is 2.85. The molecule has 0 aliphatic carbocycles. The summed E-state index contributed by atoms with van der Waals surface area (Å²) in [4.78, 5) is 29.4. The van der Waals surface area contributed by atoms with E-state index in [4.69, 9.17) is 0 Å². The maximum absolute atomic E-state index is 12.8.